The Morgan fingerprint density at radius 1 is 1.02 bits per heavy atom. The predicted octanol–water partition coefficient (Wildman–Crippen LogP) is 4.07. The van der Waals surface area contributed by atoms with Gasteiger partial charge in [-0.1, -0.05) is 31.1 Å². The van der Waals surface area contributed by atoms with Gasteiger partial charge in [-0.15, -0.1) is 0 Å². The lowest BCUT2D eigenvalue weighted by Crippen LogP contribution is -2.58. The van der Waals surface area contributed by atoms with Crippen LogP contribution in [0.5, 0.6) is 0 Å². The summed E-state index contributed by atoms with van der Waals surface area (Å²) >= 11 is 0. The number of nitrogens with zero attached hydrogens (tertiary/aromatic N) is 2. The number of allylic oxidation sites excluding steroid dienone is 1. The van der Waals surface area contributed by atoms with Crippen LogP contribution in [0.3, 0.4) is 0 Å². The lowest BCUT2D eigenvalue weighted by atomic mass is 9.97. The maximum atomic E-state index is 14.3. The molecule has 6 rings (SSSR count). The summed E-state index contributed by atoms with van der Waals surface area (Å²) in [6, 6.07) is 0.954. The van der Waals surface area contributed by atoms with Crippen LogP contribution in [0.25, 0.3) is 0 Å². The number of alkyl carbamates (subject to hydrolysis) is 1. The van der Waals surface area contributed by atoms with E-state index < -0.39 is 92.2 Å². The van der Waals surface area contributed by atoms with Crippen LogP contribution in [0.1, 0.15) is 95.2 Å². The van der Waals surface area contributed by atoms with Crippen LogP contribution >= 0.6 is 0 Å². The molecule has 3 fully saturated rings. The van der Waals surface area contributed by atoms with Gasteiger partial charge in [0.15, 0.2) is 0 Å². The molecular formula is C37H48F3N5O9S. The van der Waals surface area contributed by atoms with Crippen LogP contribution in [-0.4, -0.2) is 95.8 Å². The Morgan fingerprint density at radius 3 is 2.45 bits per heavy atom. The fourth-order valence-corrected chi connectivity index (χ4v) is 8.76. The summed E-state index contributed by atoms with van der Waals surface area (Å²) in [6.07, 6.45) is 0.289. The van der Waals surface area contributed by atoms with Crippen LogP contribution < -0.4 is 15.4 Å². The van der Waals surface area contributed by atoms with E-state index >= 15 is 0 Å². The maximum Gasteiger partial charge on any atom is 0.416 e. The van der Waals surface area contributed by atoms with E-state index in [1.165, 1.54) is 15.9 Å². The van der Waals surface area contributed by atoms with Crippen LogP contribution in [0.2, 0.25) is 0 Å². The monoisotopic (exact) mass is 795 g/mol. The van der Waals surface area contributed by atoms with Crippen LogP contribution in [0.15, 0.2) is 30.4 Å². The maximum absolute atomic E-state index is 14.3. The molecule has 5 atom stereocenters. The molecule has 1 aromatic rings. The number of amides is 5. The molecule has 1 aromatic carbocycles. The highest BCUT2D eigenvalue weighted by molar-refractivity contribution is 7.91. The number of hydrogen-bond acceptors (Lipinski definition) is 9. The minimum Gasteiger partial charge on any atom is -0.444 e. The van der Waals surface area contributed by atoms with Gasteiger partial charge in [-0.25, -0.2) is 18.0 Å². The topological polar surface area (TPSA) is 181 Å². The molecule has 55 heavy (non-hydrogen) atoms. The zero-order valence-corrected chi connectivity index (χ0v) is 31.9. The molecule has 5 aliphatic rings. The molecule has 3 aliphatic heterocycles. The zero-order chi connectivity index (χ0) is 39.9. The van der Waals surface area contributed by atoms with Crippen molar-refractivity contribution in [3.05, 3.63) is 47.0 Å². The number of benzene rings is 1. The molecule has 2 saturated carbocycles. The highest BCUT2D eigenvalue weighted by atomic mass is 32.2. The van der Waals surface area contributed by atoms with Gasteiger partial charge in [-0.2, -0.15) is 13.2 Å². The molecule has 0 radical (unpaired) electrons. The third kappa shape index (κ3) is 9.55. The lowest BCUT2D eigenvalue weighted by Gasteiger charge is -2.30. The first-order valence-electron chi connectivity index (χ1n) is 18.7. The average molecular weight is 796 g/mol. The molecule has 3 N–H and O–H groups in total. The third-order valence-corrected chi connectivity index (χ3v) is 12.4. The fourth-order valence-electron chi connectivity index (χ4n) is 7.40. The first-order valence-corrected chi connectivity index (χ1v) is 20.3. The van der Waals surface area contributed by atoms with E-state index in [2.05, 4.69) is 15.4 Å². The Morgan fingerprint density at radius 2 is 1.76 bits per heavy atom. The van der Waals surface area contributed by atoms with Gasteiger partial charge in [0.05, 0.1) is 17.4 Å². The van der Waals surface area contributed by atoms with E-state index in [4.69, 9.17) is 9.47 Å². The fraction of sp³-hybridized carbons (Fsp3) is 0.649. The first kappa shape index (κ1) is 40.3. The van der Waals surface area contributed by atoms with Crippen molar-refractivity contribution >= 4 is 39.9 Å². The standard InChI is InChI=1S/C37H48F3N5O9S/c1-35(2,3)54-33(49)41-28-10-8-6-4-5-7-9-25-19-36(25,32(48)43-55(51,52)27-13-14-27)42-30(46)29-18-26(21-45(29)31(28)47)53-34(50)44-16-15-22-17-24(37(38,39)40)12-11-23(22)20-44/h7,9,11-12,17,25-29H,4-6,8,10,13-16,18-21H2,1-3H3,(H,41,49)(H,42,46)(H,43,48)/b9-7-/t25-,26+,28-,29-,36+/m0/s1. The van der Waals surface area contributed by atoms with E-state index in [0.29, 0.717) is 43.2 Å². The van der Waals surface area contributed by atoms with Crippen molar-refractivity contribution in [2.45, 2.75) is 132 Å². The first-order chi connectivity index (χ1) is 25.8. The Balaban J connectivity index is 1.23. The van der Waals surface area contributed by atoms with Crippen molar-refractivity contribution < 1.29 is 55.0 Å². The smallest absolute Gasteiger partial charge is 0.416 e. The second kappa shape index (κ2) is 15.3. The van der Waals surface area contributed by atoms with E-state index in [-0.39, 0.29) is 45.3 Å². The largest absolute Gasteiger partial charge is 0.444 e. The molecule has 18 heteroatoms. The SMILES string of the molecule is CC(C)(C)OC(=O)N[C@H]1CCCCC/C=C\[C@H]2C[C@@]2(C(=O)NS(=O)(=O)C2CC2)NC(=O)[C@@H]2C[C@@H](OC(=O)N3CCc4cc(C(F)(F)F)ccc4C3)CN2C1=O. The van der Waals surface area contributed by atoms with Gasteiger partial charge in [0.25, 0.3) is 5.91 Å². The number of fused-ring (bicyclic) bond motifs is 3. The van der Waals surface area contributed by atoms with Crippen molar-refractivity contribution in [2.24, 2.45) is 5.92 Å². The number of hydrogen-bond donors (Lipinski definition) is 3. The Bertz CT molecular complexity index is 1840. The van der Waals surface area contributed by atoms with E-state index in [1.54, 1.807) is 26.8 Å². The van der Waals surface area contributed by atoms with Gasteiger partial charge in [-0.05, 0) is 89.0 Å². The van der Waals surface area contributed by atoms with E-state index in [1.807, 2.05) is 6.08 Å². The molecular weight excluding hydrogens is 747 g/mol. The van der Waals surface area contributed by atoms with Crippen molar-refractivity contribution in [3.8, 4) is 0 Å². The number of ether oxygens (including phenoxy) is 2. The number of carbonyl (C=O) groups excluding carboxylic acids is 5. The van der Waals surface area contributed by atoms with Gasteiger partial charge in [-0.3, -0.25) is 19.1 Å². The van der Waals surface area contributed by atoms with Crippen molar-refractivity contribution in [3.63, 3.8) is 0 Å². The van der Waals surface area contributed by atoms with Crippen LogP contribution in [-0.2, 0) is 53.0 Å². The van der Waals surface area contributed by atoms with Gasteiger partial charge in [0.2, 0.25) is 21.8 Å². The minimum absolute atomic E-state index is 0.0102. The summed E-state index contributed by atoms with van der Waals surface area (Å²) < 4.78 is 78.8. The summed E-state index contributed by atoms with van der Waals surface area (Å²) in [7, 11) is -3.95. The summed E-state index contributed by atoms with van der Waals surface area (Å²) in [5.41, 5.74) is -2.25. The van der Waals surface area contributed by atoms with Gasteiger partial charge >= 0.3 is 18.4 Å². The highest BCUT2D eigenvalue weighted by Gasteiger charge is 2.62. The second-order valence-electron chi connectivity index (χ2n) is 16.1. The molecule has 0 unspecified atom stereocenters. The molecule has 3 heterocycles. The normalized spacial score (nSPS) is 28.3. The lowest BCUT2D eigenvalue weighted by molar-refractivity contribution is -0.141. The molecule has 14 nitrogen and oxygen atoms in total. The molecule has 5 amide bonds. The second-order valence-corrected chi connectivity index (χ2v) is 18.1. The Hall–Kier alpha value is -4.35. The Labute approximate surface area is 317 Å². The van der Waals surface area contributed by atoms with Gasteiger partial charge in [0, 0.05) is 25.4 Å². The number of rotatable bonds is 5. The number of carbonyl (C=O) groups is 5. The van der Waals surface area contributed by atoms with Gasteiger partial charge < -0.3 is 29.9 Å². The minimum atomic E-state index is -4.51. The van der Waals surface area contributed by atoms with E-state index in [9.17, 15) is 45.6 Å². The summed E-state index contributed by atoms with van der Waals surface area (Å²) in [5.74, 6) is -2.78. The summed E-state index contributed by atoms with van der Waals surface area (Å²) in [4.78, 5) is 71.1. The molecule has 0 bridgehead atoms. The molecule has 2 aliphatic carbocycles. The van der Waals surface area contributed by atoms with Gasteiger partial charge in [0.1, 0.15) is 29.3 Å². The summed E-state index contributed by atoms with van der Waals surface area (Å²) in [6.45, 7) is 4.84. The summed E-state index contributed by atoms with van der Waals surface area (Å²) in [5, 5.41) is 4.72. The molecule has 1 saturated heterocycles. The van der Waals surface area contributed by atoms with Crippen molar-refractivity contribution in [1.29, 1.82) is 0 Å². The molecule has 302 valence electrons. The van der Waals surface area contributed by atoms with Crippen LogP contribution in [0.4, 0.5) is 22.8 Å². The highest BCUT2D eigenvalue weighted by Crippen LogP contribution is 2.46. The van der Waals surface area contributed by atoms with Crippen LogP contribution in [0, 0.1) is 5.92 Å². The molecule has 0 spiro atoms. The third-order valence-electron chi connectivity index (χ3n) is 10.6. The number of alkyl halides is 3. The quantitative estimate of drug-likeness (QED) is 0.371. The zero-order valence-electron chi connectivity index (χ0n) is 31.1. The number of halogens is 3. The molecule has 0 aromatic heterocycles. The predicted molar refractivity (Wildman–Crippen MR) is 190 cm³/mol. The average Bonchev–Trinajstić information content (AvgIpc) is 4.02. The number of nitrogens with one attached hydrogen (secondary N) is 3. The van der Waals surface area contributed by atoms with Crippen molar-refractivity contribution in [2.75, 3.05) is 13.1 Å². The number of sulfonamides is 1. The van der Waals surface area contributed by atoms with Crippen molar-refractivity contribution in [1.82, 2.24) is 25.2 Å². The Kier molecular flexibility index (Phi) is 11.2. The van der Waals surface area contributed by atoms with E-state index in [0.717, 1.165) is 18.6 Å².